The summed E-state index contributed by atoms with van der Waals surface area (Å²) in [5.74, 6) is -1.50. The van der Waals surface area contributed by atoms with E-state index in [1.54, 1.807) is 0 Å². The summed E-state index contributed by atoms with van der Waals surface area (Å²) in [5.41, 5.74) is -0.00204. The summed E-state index contributed by atoms with van der Waals surface area (Å²) in [5, 5.41) is 19.4. The summed E-state index contributed by atoms with van der Waals surface area (Å²) in [4.78, 5) is 2.10. The minimum Gasteiger partial charge on any atom is -0.395 e. The largest absolute Gasteiger partial charge is 0.395 e. The third-order valence-corrected chi connectivity index (χ3v) is 4.21. The Morgan fingerprint density at radius 2 is 2.15 bits per heavy atom. The van der Waals surface area contributed by atoms with Crippen LogP contribution in [0.1, 0.15) is 31.4 Å². The first-order chi connectivity index (χ1) is 9.54. The van der Waals surface area contributed by atoms with Crippen LogP contribution in [0.5, 0.6) is 0 Å². The zero-order valence-corrected chi connectivity index (χ0v) is 11.6. The number of rotatable bonds is 5. The van der Waals surface area contributed by atoms with Gasteiger partial charge in [0.1, 0.15) is 0 Å². The molecule has 2 rings (SSSR count). The minimum absolute atomic E-state index is 0.00204. The number of likely N-dealkylation sites (tertiary alicyclic amines) is 1. The first-order valence-electron chi connectivity index (χ1n) is 7.01. The minimum atomic E-state index is -1.03. The van der Waals surface area contributed by atoms with E-state index in [0.717, 1.165) is 19.0 Å². The SMILES string of the molecule is CC1CCN(CCC(O)c2cccc(F)c2F)C1CO. The quantitative estimate of drug-likeness (QED) is 0.870. The second-order valence-corrected chi connectivity index (χ2v) is 5.50. The Kier molecular flexibility index (Phi) is 5.07. The highest BCUT2D eigenvalue weighted by atomic mass is 19.2. The molecule has 1 fully saturated rings. The van der Waals surface area contributed by atoms with Crippen LogP contribution in [0.2, 0.25) is 0 Å². The van der Waals surface area contributed by atoms with Gasteiger partial charge in [-0.3, -0.25) is 4.90 Å². The Morgan fingerprint density at radius 3 is 2.85 bits per heavy atom. The molecule has 0 aromatic heterocycles. The van der Waals surface area contributed by atoms with Crippen molar-refractivity contribution < 1.29 is 19.0 Å². The highest BCUT2D eigenvalue weighted by molar-refractivity contribution is 5.21. The maximum Gasteiger partial charge on any atom is 0.164 e. The van der Waals surface area contributed by atoms with Gasteiger partial charge < -0.3 is 10.2 Å². The fraction of sp³-hybridized carbons (Fsp3) is 0.600. The van der Waals surface area contributed by atoms with Crippen LogP contribution in [-0.4, -0.2) is 40.9 Å². The van der Waals surface area contributed by atoms with Crippen molar-refractivity contribution in [2.45, 2.75) is 31.9 Å². The number of hydrogen-bond donors (Lipinski definition) is 2. The molecule has 3 nitrogen and oxygen atoms in total. The van der Waals surface area contributed by atoms with Gasteiger partial charge in [0.05, 0.1) is 12.7 Å². The number of halogens is 2. The topological polar surface area (TPSA) is 43.7 Å². The first kappa shape index (κ1) is 15.4. The molecule has 0 aliphatic carbocycles. The van der Waals surface area contributed by atoms with Gasteiger partial charge in [-0.25, -0.2) is 8.78 Å². The average Bonchev–Trinajstić information content (AvgIpc) is 2.79. The van der Waals surface area contributed by atoms with Gasteiger partial charge in [-0.15, -0.1) is 0 Å². The van der Waals surface area contributed by atoms with E-state index in [4.69, 9.17) is 0 Å². The highest BCUT2D eigenvalue weighted by Gasteiger charge is 2.30. The summed E-state index contributed by atoms with van der Waals surface area (Å²) < 4.78 is 26.7. The Balaban J connectivity index is 1.95. The molecular formula is C15H21F2NO2. The lowest BCUT2D eigenvalue weighted by atomic mass is 10.0. The summed E-state index contributed by atoms with van der Waals surface area (Å²) >= 11 is 0. The maximum atomic E-state index is 13.6. The van der Waals surface area contributed by atoms with Crippen LogP contribution in [0.3, 0.4) is 0 Å². The number of benzene rings is 1. The molecule has 3 unspecified atom stereocenters. The molecule has 0 saturated carbocycles. The molecule has 2 N–H and O–H groups in total. The van der Waals surface area contributed by atoms with E-state index in [-0.39, 0.29) is 18.2 Å². The van der Waals surface area contributed by atoms with Gasteiger partial charge in [0.25, 0.3) is 0 Å². The van der Waals surface area contributed by atoms with Crippen molar-refractivity contribution in [3.8, 4) is 0 Å². The first-order valence-corrected chi connectivity index (χ1v) is 7.01. The van der Waals surface area contributed by atoms with Crippen molar-refractivity contribution in [1.82, 2.24) is 4.90 Å². The maximum absolute atomic E-state index is 13.6. The summed E-state index contributed by atoms with van der Waals surface area (Å²) in [6.45, 7) is 3.60. The number of aliphatic hydroxyl groups is 2. The molecule has 3 atom stereocenters. The Bertz CT molecular complexity index is 455. The zero-order valence-electron chi connectivity index (χ0n) is 11.6. The van der Waals surface area contributed by atoms with Crippen LogP contribution in [-0.2, 0) is 0 Å². The van der Waals surface area contributed by atoms with Gasteiger partial charge in [0, 0.05) is 18.2 Å². The van der Waals surface area contributed by atoms with E-state index in [9.17, 15) is 19.0 Å². The molecule has 1 heterocycles. The van der Waals surface area contributed by atoms with E-state index < -0.39 is 17.7 Å². The highest BCUT2D eigenvalue weighted by Crippen LogP contribution is 2.26. The van der Waals surface area contributed by atoms with E-state index in [2.05, 4.69) is 11.8 Å². The summed E-state index contributed by atoms with van der Waals surface area (Å²) in [6.07, 6.45) is 0.306. The van der Waals surface area contributed by atoms with Crippen LogP contribution in [0, 0.1) is 17.6 Å². The van der Waals surface area contributed by atoms with Crippen molar-refractivity contribution >= 4 is 0 Å². The molecule has 0 bridgehead atoms. The third kappa shape index (κ3) is 3.16. The standard InChI is InChI=1S/C15H21F2NO2/c1-10-5-7-18(13(10)9-19)8-6-14(20)11-3-2-4-12(16)15(11)17/h2-4,10,13-14,19-20H,5-9H2,1H3. The lowest BCUT2D eigenvalue weighted by Crippen LogP contribution is -2.36. The predicted octanol–water partition coefficient (Wildman–Crippen LogP) is 2.09. The number of aliphatic hydroxyl groups excluding tert-OH is 2. The van der Waals surface area contributed by atoms with Crippen molar-refractivity contribution in [3.05, 3.63) is 35.4 Å². The van der Waals surface area contributed by atoms with Crippen LogP contribution < -0.4 is 0 Å². The molecule has 1 aliphatic rings. The van der Waals surface area contributed by atoms with E-state index in [1.807, 2.05) is 0 Å². The van der Waals surface area contributed by atoms with Crippen molar-refractivity contribution in [1.29, 1.82) is 0 Å². The lowest BCUT2D eigenvalue weighted by molar-refractivity contribution is 0.105. The van der Waals surface area contributed by atoms with Crippen molar-refractivity contribution in [3.63, 3.8) is 0 Å². The number of nitrogens with zero attached hydrogens (tertiary/aromatic N) is 1. The van der Waals surface area contributed by atoms with Crippen molar-refractivity contribution in [2.24, 2.45) is 5.92 Å². The smallest absolute Gasteiger partial charge is 0.164 e. The molecular weight excluding hydrogens is 264 g/mol. The molecule has 1 aromatic carbocycles. The third-order valence-electron chi connectivity index (χ3n) is 4.21. The molecule has 5 heteroatoms. The van der Waals surface area contributed by atoms with Crippen LogP contribution in [0.15, 0.2) is 18.2 Å². The normalized spacial score (nSPS) is 25.1. The van der Waals surface area contributed by atoms with E-state index in [0.29, 0.717) is 18.9 Å². The van der Waals surface area contributed by atoms with Crippen LogP contribution in [0.4, 0.5) is 8.78 Å². The van der Waals surface area contributed by atoms with Crippen LogP contribution >= 0.6 is 0 Å². The van der Waals surface area contributed by atoms with Crippen LogP contribution in [0.25, 0.3) is 0 Å². The monoisotopic (exact) mass is 285 g/mol. The van der Waals surface area contributed by atoms with Gasteiger partial charge in [0.15, 0.2) is 11.6 Å². The second-order valence-electron chi connectivity index (χ2n) is 5.50. The van der Waals surface area contributed by atoms with Gasteiger partial charge in [-0.1, -0.05) is 19.1 Å². The molecule has 20 heavy (non-hydrogen) atoms. The average molecular weight is 285 g/mol. The second kappa shape index (κ2) is 6.61. The molecule has 0 spiro atoms. The fourth-order valence-electron chi connectivity index (χ4n) is 2.88. The molecule has 1 saturated heterocycles. The van der Waals surface area contributed by atoms with E-state index >= 15 is 0 Å². The Hall–Kier alpha value is -1.04. The van der Waals surface area contributed by atoms with Gasteiger partial charge in [-0.05, 0) is 31.4 Å². The number of hydrogen-bond acceptors (Lipinski definition) is 3. The van der Waals surface area contributed by atoms with Gasteiger partial charge in [0.2, 0.25) is 0 Å². The van der Waals surface area contributed by atoms with Crippen molar-refractivity contribution in [2.75, 3.05) is 19.7 Å². The van der Waals surface area contributed by atoms with Gasteiger partial charge >= 0.3 is 0 Å². The molecule has 112 valence electrons. The summed E-state index contributed by atoms with van der Waals surface area (Å²) in [7, 11) is 0. The molecule has 1 aliphatic heterocycles. The Labute approximate surface area is 117 Å². The molecule has 1 aromatic rings. The predicted molar refractivity (Wildman–Crippen MR) is 72.2 cm³/mol. The van der Waals surface area contributed by atoms with E-state index in [1.165, 1.54) is 12.1 Å². The van der Waals surface area contributed by atoms with Gasteiger partial charge in [-0.2, -0.15) is 0 Å². The Morgan fingerprint density at radius 1 is 1.40 bits per heavy atom. The lowest BCUT2D eigenvalue weighted by Gasteiger charge is -2.26. The molecule has 0 radical (unpaired) electrons. The molecule has 0 amide bonds. The zero-order chi connectivity index (χ0) is 14.7. The fourth-order valence-corrected chi connectivity index (χ4v) is 2.88. The summed E-state index contributed by atoms with van der Waals surface area (Å²) in [6, 6.07) is 3.93.